The van der Waals surface area contributed by atoms with Crippen molar-refractivity contribution in [3.8, 4) is 5.95 Å². The molecule has 130 valence electrons. The third-order valence-electron chi connectivity index (χ3n) is 4.07. The van der Waals surface area contributed by atoms with Gasteiger partial charge in [-0.2, -0.15) is 14.9 Å². The largest absolute Gasteiger partial charge is 0.372 e. The number of nitrogens with zero attached hydrogens (tertiary/aromatic N) is 7. The number of hydrogen-bond donors (Lipinski definition) is 0. The first-order chi connectivity index (χ1) is 12.1. The van der Waals surface area contributed by atoms with E-state index in [1.54, 1.807) is 21.9 Å². The van der Waals surface area contributed by atoms with Crippen LogP contribution in [0.25, 0.3) is 5.95 Å². The van der Waals surface area contributed by atoms with Gasteiger partial charge < -0.3 is 4.90 Å². The van der Waals surface area contributed by atoms with Gasteiger partial charge in [-0.1, -0.05) is 12.1 Å². The van der Waals surface area contributed by atoms with Gasteiger partial charge in [0.2, 0.25) is 0 Å². The van der Waals surface area contributed by atoms with Crippen LogP contribution < -0.4 is 4.90 Å². The van der Waals surface area contributed by atoms with Crippen molar-refractivity contribution in [1.82, 2.24) is 24.7 Å². The summed E-state index contributed by atoms with van der Waals surface area (Å²) in [6.45, 7) is 10.2. The van der Waals surface area contributed by atoms with Gasteiger partial charge in [0.1, 0.15) is 6.33 Å². The lowest BCUT2D eigenvalue weighted by Gasteiger charge is -2.20. The molecule has 0 aliphatic rings. The van der Waals surface area contributed by atoms with Crippen LogP contribution in [0.3, 0.4) is 0 Å². The van der Waals surface area contributed by atoms with Crippen molar-refractivity contribution in [2.45, 2.75) is 27.7 Å². The minimum atomic E-state index is 0.571. The van der Waals surface area contributed by atoms with Gasteiger partial charge in [0, 0.05) is 24.5 Å². The molecule has 0 radical (unpaired) electrons. The maximum absolute atomic E-state index is 4.47. The van der Waals surface area contributed by atoms with E-state index in [9.17, 15) is 0 Å². The summed E-state index contributed by atoms with van der Waals surface area (Å²) in [4.78, 5) is 2.31. The summed E-state index contributed by atoms with van der Waals surface area (Å²) in [7, 11) is 0. The summed E-state index contributed by atoms with van der Waals surface area (Å²) < 4.78 is 3.36. The Balaban J connectivity index is 1.82. The van der Waals surface area contributed by atoms with Gasteiger partial charge in [0.15, 0.2) is 0 Å². The van der Waals surface area contributed by atoms with Crippen molar-refractivity contribution in [1.29, 1.82) is 0 Å². The zero-order valence-electron chi connectivity index (χ0n) is 15.1. The molecule has 0 aliphatic heterocycles. The average molecular weight is 337 g/mol. The van der Waals surface area contributed by atoms with Crippen LogP contribution in [0.1, 0.15) is 30.8 Å². The van der Waals surface area contributed by atoms with Gasteiger partial charge in [-0.15, -0.1) is 10.2 Å². The van der Waals surface area contributed by atoms with Crippen LogP contribution in [-0.2, 0) is 0 Å². The SMILES string of the molecule is CCN(CC)c1ccc(/C=N\n2cnnc2-n2nc(C)cc2C)cc1. The molecule has 25 heavy (non-hydrogen) atoms. The van der Waals surface area contributed by atoms with Crippen LogP contribution in [0.15, 0.2) is 41.8 Å². The molecule has 0 bridgehead atoms. The van der Waals surface area contributed by atoms with E-state index in [0.29, 0.717) is 5.95 Å². The fourth-order valence-electron chi connectivity index (χ4n) is 2.76. The van der Waals surface area contributed by atoms with Crippen LogP contribution in [0.5, 0.6) is 0 Å². The lowest BCUT2D eigenvalue weighted by Crippen LogP contribution is -2.21. The van der Waals surface area contributed by atoms with Gasteiger partial charge in [0.05, 0.1) is 11.9 Å². The Kier molecular flexibility index (Phi) is 4.92. The predicted molar refractivity (Wildman–Crippen MR) is 99.6 cm³/mol. The molecule has 7 nitrogen and oxygen atoms in total. The molecular weight excluding hydrogens is 314 g/mol. The van der Waals surface area contributed by atoms with E-state index in [1.165, 1.54) is 5.69 Å². The van der Waals surface area contributed by atoms with E-state index < -0.39 is 0 Å². The first-order valence-corrected chi connectivity index (χ1v) is 8.45. The zero-order valence-corrected chi connectivity index (χ0v) is 15.1. The first kappa shape index (κ1) is 16.9. The fourth-order valence-corrected chi connectivity index (χ4v) is 2.76. The van der Waals surface area contributed by atoms with Crippen molar-refractivity contribution in [2.75, 3.05) is 18.0 Å². The Bertz CT molecular complexity index is 854. The number of aromatic nitrogens is 5. The Morgan fingerprint density at radius 1 is 1.12 bits per heavy atom. The first-order valence-electron chi connectivity index (χ1n) is 8.45. The molecule has 0 amide bonds. The summed E-state index contributed by atoms with van der Waals surface area (Å²) in [5.74, 6) is 0.571. The van der Waals surface area contributed by atoms with Crippen LogP contribution in [0.4, 0.5) is 5.69 Å². The van der Waals surface area contributed by atoms with E-state index in [-0.39, 0.29) is 0 Å². The summed E-state index contributed by atoms with van der Waals surface area (Å²) >= 11 is 0. The molecule has 2 heterocycles. The summed E-state index contributed by atoms with van der Waals surface area (Å²) in [6.07, 6.45) is 3.37. The molecule has 7 heteroatoms. The second-order valence-corrected chi connectivity index (χ2v) is 5.82. The molecule has 0 aliphatic carbocycles. The van der Waals surface area contributed by atoms with E-state index in [4.69, 9.17) is 0 Å². The molecule has 0 atom stereocenters. The minimum absolute atomic E-state index is 0.571. The van der Waals surface area contributed by atoms with Gasteiger partial charge in [-0.25, -0.2) is 4.68 Å². The Morgan fingerprint density at radius 3 is 2.44 bits per heavy atom. The van der Waals surface area contributed by atoms with Gasteiger partial charge in [0.25, 0.3) is 5.95 Å². The Labute approximate surface area is 147 Å². The molecule has 0 spiro atoms. The minimum Gasteiger partial charge on any atom is -0.372 e. The fraction of sp³-hybridized carbons (Fsp3) is 0.333. The molecule has 0 saturated carbocycles. The van der Waals surface area contributed by atoms with Crippen molar-refractivity contribution in [3.63, 3.8) is 0 Å². The lowest BCUT2D eigenvalue weighted by molar-refractivity contribution is 0.717. The molecule has 3 aromatic rings. The maximum atomic E-state index is 4.47. The topological polar surface area (TPSA) is 64.1 Å². The molecule has 1 aromatic carbocycles. The third kappa shape index (κ3) is 3.60. The van der Waals surface area contributed by atoms with Crippen molar-refractivity contribution in [3.05, 3.63) is 53.6 Å². The number of anilines is 1. The van der Waals surface area contributed by atoms with Crippen molar-refractivity contribution in [2.24, 2.45) is 5.10 Å². The highest BCUT2D eigenvalue weighted by Gasteiger charge is 2.10. The quantitative estimate of drug-likeness (QED) is 0.649. The predicted octanol–water partition coefficient (Wildman–Crippen LogP) is 2.81. The Hall–Kier alpha value is -2.96. The van der Waals surface area contributed by atoms with Gasteiger partial charge in [-0.3, -0.25) is 0 Å². The van der Waals surface area contributed by atoms with Crippen LogP contribution in [-0.4, -0.2) is 44.0 Å². The van der Waals surface area contributed by atoms with E-state index in [2.05, 4.69) is 63.4 Å². The highest BCUT2D eigenvalue weighted by molar-refractivity contribution is 5.80. The molecule has 3 rings (SSSR count). The van der Waals surface area contributed by atoms with Crippen molar-refractivity contribution < 1.29 is 0 Å². The van der Waals surface area contributed by atoms with Crippen LogP contribution >= 0.6 is 0 Å². The lowest BCUT2D eigenvalue weighted by atomic mass is 10.2. The number of hydrogen-bond acceptors (Lipinski definition) is 5. The molecule has 0 fully saturated rings. The molecule has 2 aromatic heterocycles. The standard InChI is InChI=1S/C18H23N7/c1-5-23(6-2)17-9-7-16(8-10-17)12-20-24-13-19-21-18(24)25-15(4)11-14(3)22-25/h7-13H,5-6H2,1-4H3/b20-12-. The van der Waals surface area contributed by atoms with Gasteiger partial charge >= 0.3 is 0 Å². The molecule has 0 N–H and O–H groups in total. The highest BCUT2D eigenvalue weighted by Crippen LogP contribution is 2.14. The van der Waals surface area contributed by atoms with Crippen molar-refractivity contribution >= 4 is 11.9 Å². The monoisotopic (exact) mass is 337 g/mol. The van der Waals surface area contributed by atoms with Crippen LogP contribution in [0.2, 0.25) is 0 Å². The summed E-state index contributed by atoms with van der Waals surface area (Å²) in [5.41, 5.74) is 4.16. The average Bonchev–Trinajstić information content (AvgIpc) is 3.20. The second-order valence-electron chi connectivity index (χ2n) is 5.82. The van der Waals surface area contributed by atoms with Crippen LogP contribution in [0, 0.1) is 13.8 Å². The normalized spacial score (nSPS) is 11.4. The Morgan fingerprint density at radius 2 is 1.84 bits per heavy atom. The maximum Gasteiger partial charge on any atom is 0.273 e. The highest BCUT2D eigenvalue weighted by atomic mass is 15.5. The van der Waals surface area contributed by atoms with E-state index >= 15 is 0 Å². The number of aryl methyl sites for hydroxylation is 2. The molecular formula is C18H23N7. The molecule has 0 saturated heterocycles. The van der Waals surface area contributed by atoms with E-state index in [0.717, 1.165) is 30.0 Å². The number of benzene rings is 1. The van der Waals surface area contributed by atoms with Gasteiger partial charge in [-0.05, 0) is 51.5 Å². The molecule has 0 unspecified atom stereocenters. The summed E-state index contributed by atoms with van der Waals surface area (Å²) in [6, 6.07) is 10.3. The third-order valence-corrected chi connectivity index (χ3v) is 4.07. The van der Waals surface area contributed by atoms with E-state index in [1.807, 2.05) is 19.9 Å². The smallest absolute Gasteiger partial charge is 0.273 e. The summed E-state index contributed by atoms with van der Waals surface area (Å²) in [5, 5.41) is 17.0. The number of rotatable bonds is 6. The second kappa shape index (κ2) is 7.29. The zero-order chi connectivity index (χ0) is 17.8.